The van der Waals surface area contributed by atoms with Crippen LogP contribution in [-0.4, -0.2) is 18.3 Å². The van der Waals surface area contributed by atoms with Gasteiger partial charge in [-0.15, -0.1) is 0 Å². The minimum atomic E-state index is -1.96. The molecule has 2 fully saturated rings. The van der Waals surface area contributed by atoms with E-state index in [1.54, 1.807) is 38.1 Å². The quantitative estimate of drug-likeness (QED) is 0.893. The number of ether oxygens (including phenoxy) is 3. The average molecular weight is 350 g/mol. The molecule has 2 saturated heterocycles. The molecule has 7 nitrogen and oxygen atoms in total. The summed E-state index contributed by atoms with van der Waals surface area (Å²) >= 11 is 0. The molecule has 4 unspecified atom stereocenters. The smallest absolute Gasteiger partial charge is 0.214 e. The summed E-state index contributed by atoms with van der Waals surface area (Å²) in [5.74, 6) is -1.92. The zero-order valence-electron chi connectivity index (χ0n) is 14.7. The Labute approximate surface area is 151 Å². The van der Waals surface area contributed by atoms with Gasteiger partial charge in [-0.3, -0.25) is 5.41 Å². The van der Waals surface area contributed by atoms with Crippen LogP contribution in [0.5, 0.6) is 5.75 Å². The summed E-state index contributed by atoms with van der Waals surface area (Å²) in [6.45, 7) is 5.50. The summed E-state index contributed by atoms with van der Waals surface area (Å²) < 4.78 is 17.3. The number of rotatable bonds is 3. The molecule has 2 bridgehead atoms. The van der Waals surface area contributed by atoms with Crippen LogP contribution in [0.15, 0.2) is 24.3 Å². The molecular weight excluding hydrogens is 332 g/mol. The maximum atomic E-state index is 10.0. The number of para-hydroxylation sites is 1. The Morgan fingerprint density at radius 1 is 1.19 bits per heavy atom. The zero-order valence-corrected chi connectivity index (χ0v) is 14.7. The number of benzene rings is 1. The number of hydrogen-bond acceptors (Lipinski definition) is 7. The predicted molar refractivity (Wildman–Crippen MR) is 89.5 cm³/mol. The second-order valence-electron chi connectivity index (χ2n) is 6.59. The summed E-state index contributed by atoms with van der Waals surface area (Å²) in [6.07, 6.45) is -1.11. The fraction of sp³-hybridized carbons (Fsp3) is 0.474. The number of fused-ring (bicyclic) bond motifs is 2. The van der Waals surface area contributed by atoms with Crippen molar-refractivity contribution in [3.05, 3.63) is 29.8 Å². The molecule has 0 aliphatic carbocycles. The highest BCUT2D eigenvalue weighted by Gasteiger charge is 2.78. The number of hydrogen-bond donors (Lipinski definition) is 1. The fourth-order valence-electron chi connectivity index (χ4n) is 3.97. The van der Waals surface area contributed by atoms with Crippen molar-refractivity contribution in [1.82, 2.24) is 0 Å². The zero-order chi connectivity index (χ0) is 19.2. The van der Waals surface area contributed by atoms with Crippen LogP contribution in [0.25, 0.3) is 0 Å². The van der Waals surface area contributed by atoms with Gasteiger partial charge in [-0.1, -0.05) is 25.1 Å². The Hall–Kier alpha value is -3.08. The van der Waals surface area contributed by atoms with Crippen LogP contribution in [0, 0.1) is 56.2 Å². The molecule has 26 heavy (non-hydrogen) atoms. The van der Waals surface area contributed by atoms with Gasteiger partial charge in [-0.2, -0.15) is 15.8 Å². The van der Waals surface area contributed by atoms with Gasteiger partial charge in [0.1, 0.15) is 11.9 Å². The first-order chi connectivity index (χ1) is 12.4. The molecule has 3 rings (SSSR count). The monoisotopic (exact) mass is 350 g/mol. The molecule has 1 aromatic carbocycles. The van der Waals surface area contributed by atoms with E-state index in [2.05, 4.69) is 6.07 Å². The molecular formula is C19H18N4O3. The molecule has 2 aliphatic rings. The lowest BCUT2D eigenvalue weighted by Crippen LogP contribution is -2.57. The van der Waals surface area contributed by atoms with E-state index in [1.807, 2.05) is 19.1 Å². The van der Waals surface area contributed by atoms with Crippen LogP contribution in [0.2, 0.25) is 0 Å². The molecule has 1 N–H and O–H groups in total. The van der Waals surface area contributed by atoms with Crippen LogP contribution in [0.1, 0.15) is 32.4 Å². The minimum Gasteiger partial charge on any atom is -0.493 e. The number of nitrogens with one attached hydrogen (secondary N) is 1. The second kappa shape index (κ2) is 5.73. The van der Waals surface area contributed by atoms with E-state index < -0.39 is 34.5 Å². The molecule has 0 amide bonds. The van der Waals surface area contributed by atoms with Crippen LogP contribution in [-0.2, 0) is 9.47 Å². The first kappa shape index (κ1) is 17.7. The van der Waals surface area contributed by atoms with Crippen LogP contribution < -0.4 is 4.74 Å². The molecule has 1 aromatic rings. The molecule has 7 heteroatoms. The number of nitrogens with zero attached hydrogens (tertiary/aromatic N) is 3. The predicted octanol–water partition coefficient (Wildman–Crippen LogP) is 3.06. The Kier molecular flexibility index (Phi) is 3.91. The van der Waals surface area contributed by atoms with Crippen LogP contribution in [0.4, 0.5) is 0 Å². The molecule has 2 aliphatic heterocycles. The summed E-state index contributed by atoms with van der Waals surface area (Å²) in [5.41, 5.74) is -3.22. The molecule has 4 atom stereocenters. The molecule has 0 saturated carbocycles. The van der Waals surface area contributed by atoms with E-state index in [4.69, 9.17) is 19.6 Å². The van der Waals surface area contributed by atoms with Crippen molar-refractivity contribution < 1.29 is 14.2 Å². The maximum Gasteiger partial charge on any atom is 0.214 e. The molecule has 132 valence electrons. The average Bonchev–Trinajstić information content (AvgIpc) is 2.78. The van der Waals surface area contributed by atoms with Crippen molar-refractivity contribution >= 4 is 5.90 Å². The van der Waals surface area contributed by atoms with E-state index in [9.17, 15) is 15.8 Å². The third-order valence-electron chi connectivity index (χ3n) is 5.50. The summed E-state index contributed by atoms with van der Waals surface area (Å²) in [6, 6.07) is 13.0. The van der Waals surface area contributed by atoms with Gasteiger partial charge in [0, 0.05) is 12.5 Å². The Morgan fingerprint density at radius 3 is 2.42 bits per heavy atom. The van der Waals surface area contributed by atoms with Crippen molar-refractivity contribution in [2.75, 3.05) is 6.61 Å². The molecule has 2 heterocycles. The summed E-state index contributed by atoms with van der Waals surface area (Å²) in [5, 5.41) is 38.3. The van der Waals surface area contributed by atoms with Gasteiger partial charge >= 0.3 is 0 Å². The fourth-order valence-corrected chi connectivity index (χ4v) is 3.97. The highest BCUT2D eigenvalue weighted by Crippen LogP contribution is 2.66. The van der Waals surface area contributed by atoms with E-state index in [-0.39, 0.29) is 0 Å². The van der Waals surface area contributed by atoms with Crippen LogP contribution in [0.3, 0.4) is 0 Å². The van der Waals surface area contributed by atoms with E-state index >= 15 is 0 Å². The molecule has 0 radical (unpaired) electrons. The molecule has 0 spiro atoms. The van der Waals surface area contributed by atoms with Gasteiger partial charge < -0.3 is 14.2 Å². The van der Waals surface area contributed by atoms with E-state index in [0.717, 1.165) is 0 Å². The highest BCUT2D eigenvalue weighted by atomic mass is 16.7. The lowest BCUT2D eigenvalue weighted by molar-refractivity contribution is -0.269. The van der Waals surface area contributed by atoms with Crippen molar-refractivity contribution in [2.45, 2.75) is 32.7 Å². The highest BCUT2D eigenvalue weighted by molar-refractivity contribution is 5.89. The maximum absolute atomic E-state index is 10.0. The van der Waals surface area contributed by atoms with Crippen molar-refractivity contribution in [3.8, 4) is 24.0 Å². The van der Waals surface area contributed by atoms with Crippen LogP contribution >= 0.6 is 0 Å². The Bertz CT molecular complexity index is 879. The number of nitriles is 3. The SMILES string of the molecule is CCOc1ccccc1C1OC2(C)OC(=N)C(C#N)(C2C)C1(C#N)C#N. The molecule has 0 aromatic heterocycles. The first-order valence-electron chi connectivity index (χ1n) is 8.28. The topological polar surface area (TPSA) is 123 Å². The standard InChI is InChI=1S/C19H18N4O3/c1-4-24-14-8-6-5-7-13(14)15-18(9-20,10-21)19(11-22)12(2)17(3,25-15)26-16(19)23/h5-8,12,15,23H,4H2,1-3H3. The minimum absolute atomic E-state index is 0.388. The van der Waals surface area contributed by atoms with E-state index in [0.29, 0.717) is 17.9 Å². The summed E-state index contributed by atoms with van der Waals surface area (Å²) in [4.78, 5) is 0. The van der Waals surface area contributed by atoms with Gasteiger partial charge in [-0.25, -0.2) is 0 Å². The first-order valence-corrected chi connectivity index (χ1v) is 8.28. The van der Waals surface area contributed by atoms with Gasteiger partial charge in [0.25, 0.3) is 0 Å². The van der Waals surface area contributed by atoms with Gasteiger partial charge in [0.05, 0.1) is 30.7 Å². The Balaban J connectivity index is 2.32. The Morgan fingerprint density at radius 2 is 1.85 bits per heavy atom. The van der Waals surface area contributed by atoms with E-state index in [1.165, 1.54) is 0 Å². The largest absolute Gasteiger partial charge is 0.493 e. The second-order valence-corrected chi connectivity index (χ2v) is 6.59. The third-order valence-corrected chi connectivity index (χ3v) is 5.50. The lowest BCUT2D eigenvalue weighted by atomic mass is 9.54. The van der Waals surface area contributed by atoms with Crippen molar-refractivity contribution in [3.63, 3.8) is 0 Å². The van der Waals surface area contributed by atoms with Gasteiger partial charge in [0.15, 0.2) is 5.41 Å². The third kappa shape index (κ3) is 1.85. The van der Waals surface area contributed by atoms with Gasteiger partial charge in [-0.05, 0) is 13.0 Å². The van der Waals surface area contributed by atoms with Crippen molar-refractivity contribution in [1.29, 1.82) is 21.2 Å². The lowest BCUT2D eigenvalue weighted by Gasteiger charge is -2.47. The van der Waals surface area contributed by atoms with Crippen molar-refractivity contribution in [2.24, 2.45) is 16.7 Å². The van der Waals surface area contributed by atoms with Gasteiger partial charge in [0.2, 0.25) is 17.1 Å². The summed E-state index contributed by atoms with van der Waals surface area (Å²) in [7, 11) is 0. The normalized spacial score (nSPS) is 34.1.